The molecule has 3 unspecified atom stereocenters. The van der Waals surface area contributed by atoms with E-state index >= 15 is 0 Å². The van der Waals surface area contributed by atoms with Gasteiger partial charge in [0, 0.05) is 6.04 Å². The fourth-order valence-electron chi connectivity index (χ4n) is 3.54. The van der Waals surface area contributed by atoms with Gasteiger partial charge in [0.25, 0.3) is 0 Å². The van der Waals surface area contributed by atoms with Crippen LogP contribution in [0.5, 0.6) is 11.5 Å². The predicted molar refractivity (Wildman–Crippen MR) is 80.7 cm³/mol. The maximum Gasteiger partial charge on any atom is 0.161 e. The van der Waals surface area contributed by atoms with Crippen molar-refractivity contribution in [2.24, 2.45) is 5.92 Å². The van der Waals surface area contributed by atoms with Crippen molar-refractivity contribution in [3.05, 3.63) is 23.8 Å². The van der Waals surface area contributed by atoms with Crippen molar-refractivity contribution >= 4 is 0 Å². The summed E-state index contributed by atoms with van der Waals surface area (Å²) in [7, 11) is 0. The van der Waals surface area contributed by atoms with Crippen molar-refractivity contribution < 1.29 is 9.47 Å². The fourth-order valence-corrected chi connectivity index (χ4v) is 3.54. The van der Waals surface area contributed by atoms with Crippen LogP contribution in [0.25, 0.3) is 0 Å². The molecule has 2 aliphatic rings. The number of ether oxygens (including phenoxy) is 2. The van der Waals surface area contributed by atoms with Gasteiger partial charge in [0.2, 0.25) is 0 Å². The summed E-state index contributed by atoms with van der Waals surface area (Å²) in [6.45, 7) is 7.06. The van der Waals surface area contributed by atoms with Crippen LogP contribution in [0.3, 0.4) is 0 Å². The summed E-state index contributed by atoms with van der Waals surface area (Å²) in [5.41, 5.74) is 1.41. The zero-order valence-electron chi connectivity index (χ0n) is 12.5. The van der Waals surface area contributed by atoms with Crippen molar-refractivity contribution in [1.29, 1.82) is 0 Å². The van der Waals surface area contributed by atoms with Crippen LogP contribution in [0, 0.1) is 5.92 Å². The van der Waals surface area contributed by atoms with Gasteiger partial charge in [0.15, 0.2) is 11.5 Å². The average Bonchev–Trinajstić information content (AvgIpc) is 2.85. The number of rotatable bonds is 4. The van der Waals surface area contributed by atoms with E-state index in [2.05, 4.69) is 37.4 Å². The van der Waals surface area contributed by atoms with Crippen LogP contribution in [-0.4, -0.2) is 25.8 Å². The maximum atomic E-state index is 5.71. The van der Waals surface area contributed by atoms with Gasteiger partial charge in [-0.05, 0) is 55.3 Å². The van der Waals surface area contributed by atoms with Gasteiger partial charge in [-0.2, -0.15) is 0 Å². The van der Waals surface area contributed by atoms with E-state index < -0.39 is 0 Å². The predicted octanol–water partition coefficient (Wildman–Crippen LogP) is 3.34. The normalized spacial score (nSPS) is 28.6. The molecule has 0 radical (unpaired) electrons. The Kier molecular flexibility index (Phi) is 4.16. The van der Waals surface area contributed by atoms with Gasteiger partial charge in [-0.25, -0.2) is 0 Å². The Morgan fingerprint density at radius 2 is 1.95 bits per heavy atom. The Morgan fingerprint density at radius 3 is 2.75 bits per heavy atom. The Labute approximate surface area is 121 Å². The average molecular weight is 275 g/mol. The van der Waals surface area contributed by atoms with E-state index in [9.17, 15) is 0 Å². The number of benzene rings is 1. The zero-order chi connectivity index (χ0) is 13.9. The van der Waals surface area contributed by atoms with Crippen molar-refractivity contribution in [2.45, 2.75) is 45.1 Å². The largest absolute Gasteiger partial charge is 0.486 e. The molecule has 3 heteroatoms. The standard InChI is InChI=1S/C17H25NO2/c1-3-8-18-15-6-5-14(12(15)2)13-4-7-16-17(11-13)20-10-9-19-16/h4,7,11-12,14-15,18H,3,5-6,8-10H2,1-2H3. The van der Waals surface area contributed by atoms with Crippen LogP contribution in [0.15, 0.2) is 18.2 Å². The van der Waals surface area contributed by atoms with E-state index in [0.29, 0.717) is 31.1 Å². The quantitative estimate of drug-likeness (QED) is 0.914. The smallest absolute Gasteiger partial charge is 0.161 e. The first kappa shape index (κ1) is 13.7. The van der Waals surface area contributed by atoms with Crippen LogP contribution in [0.2, 0.25) is 0 Å². The van der Waals surface area contributed by atoms with Gasteiger partial charge in [-0.1, -0.05) is 19.9 Å². The van der Waals surface area contributed by atoms with Gasteiger partial charge in [-0.3, -0.25) is 0 Å². The monoisotopic (exact) mass is 275 g/mol. The third-order valence-corrected chi connectivity index (χ3v) is 4.71. The summed E-state index contributed by atoms with van der Waals surface area (Å²) in [6, 6.07) is 7.14. The highest BCUT2D eigenvalue weighted by atomic mass is 16.6. The molecule has 1 aromatic rings. The lowest BCUT2D eigenvalue weighted by atomic mass is 9.88. The molecule has 0 bridgehead atoms. The molecule has 0 aromatic heterocycles. The third-order valence-electron chi connectivity index (χ3n) is 4.71. The fraction of sp³-hybridized carbons (Fsp3) is 0.647. The van der Waals surface area contributed by atoms with Crippen molar-refractivity contribution in [3.8, 4) is 11.5 Å². The Balaban J connectivity index is 1.73. The highest BCUT2D eigenvalue weighted by Crippen LogP contribution is 2.42. The summed E-state index contributed by atoms with van der Waals surface area (Å²) < 4.78 is 11.3. The highest BCUT2D eigenvalue weighted by Gasteiger charge is 2.33. The van der Waals surface area contributed by atoms with Crippen LogP contribution in [0.4, 0.5) is 0 Å². The van der Waals surface area contributed by atoms with Crippen molar-refractivity contribution in [3.63, 3.8) is 0 Å². The molecule has 3 atom stereocenters. The number of hydrogen-bond donors (Lipinski definition) is 1. The summed E-state index contributed by atoms with van der Waals surface area (Å²) in [6.07, 6.45) is 3.75. The molecule has 20 heavy (non-hydrogen) atoms. The van der Waals surface area contributed by atoms with Gasteiger partial charge >= 0.3 is 0 Å². The molecule has 3 rings (SSSR count). The number of hydrogen-bond acceptors (Lipinski definition) is 3. The molecule has 1 fully saturated rings. The number of fused-ring (bicyclic) bond motifs is 1. The van der Waals surface area contributed by atoms with E-state index in [4.69, 9.17) is 9.47 Å². The lowest BCUT2D eigenvalue weighted by Crippen LogP contribution is -2.32. The summed E-state index contributed by atoms with van der Waals surface area (Å²) in [5.74, 6) is 3.14. The van der Waals surface area contributed by atoms with Crippen LogP contribution >= 0.6 is 0 Å². The minimum atomic E-state index is 0.639. The van der Waals surface area contributed by atoms with E-state index in [1.54, 1.807) is 0 Å². The van der Waals surface area contributed by atoms with E-state index in [1.165, 1.54) is 24.8 Å². The molecule has 1 aliphatic heterocycles. The first-order valence-electron chi connectivity index (χ1n) is 7.92. The number of nitrogens with one attached hydrogen (secondary N) is 1. The lowest BCUT2D eigenvalue weighted by Gasteiger charge is -2.24. The lowest BCUT2D eigenvalue weighted by molar-refractivity contribution is 0.171. The second-order valence-electron chi connectivity index (χ2n) is 6.01. The van der Waals surface area contributed by atoms with Crippen LogP contribution in [0.1, 0.15) is 44.6 Å². The summed E-state index contributed by atoms with van der Waals surface area (Å²) >= 11 is 0. The molecular weight excluding hydrogens is 250 g/mol. The highest BCUT2D eigenvalue weighted by molar-refractivity contribution is 5.45. The first-order valence-corrected chi connectivity index (χ1v) is 7.92. The third kappa shape index (κ3) is 2.64. The molecule has 0 spiro atoms. The molecule has 0 saturated heterocycles. The second kappa shape index (κ2) is 6.04. The van der Waals surface area contributed by atoms with Crippen molar-refractivity contribution in [1.82, 2.24) is 5.32 Å². The van der Waals surface area contributed by atoms with Crippen molar-refractivity contribution in [2.75, 3.05) is 19.8 Å². The molecule has 3 nitrogen and oxygen atoms in total. The van der Waals surface area contributed by atoms with Crippen LogP contribution in [-0.2, 0) is 0 Å². The molecule has 1 aromatic carbocycles. The topological polar surface area (TPSA) is 30.5 Å². The van der Waals surface area contributed by atoms with E-state index in [-0.39, 0.29) is 0 Å². The Bertz CT molecular complexity index is 460. The molecule has 110 valence electrons. The van der Waals surface area contributed by atoms with Gasteiger partial charge < -0.3 is 14.8 Å². The molecule has 0 amide bonds. The molecule has 1 saturated carbocycles. The molecular formula is C17H25NO2. The van der Waals surface area contributed by atoms with Gasteiger partial charge in [0.1, 0.15) is 13.2 Å². The minimum Gasteiger partial charge on any atom is -0.486 e. The maximum absolute atomic E-state index is 5.71. The minimum absolute atomic E-state index is 0.639. The summed E-state index contributed by atoms with van der Waals surface area (Å²) in [4.78, 5) is 0. The van der Waals surface area contributed by atoms with E-state index in [0.717, 1.165) is 18.0 Å². The molecule has 1 N–H and O–H groups in total. The molecule has 1 aliphatic carbocycles. The molecule has 1 heterocycles. The van der Waals surface area contributed by atoms with E-state index in [1.807, 2.05) is 0 Å². The van der Waals surface area contributed by atoms with Crippen LogP contribution < -0.4 is 14.8 Å². The SMILES string of the molecule is CCCNC1CCC(c2ccc3c(c2)OCCO3)C1C. The second-order valence-corrected chi connectivity index (χ2v) is 6.01. The van der Waals surface area contributed by atoms with Gasteiger partial charge in [-0.15, -0.1) is 0 Å². The summed E-state index contributed by atoms with van der Waals surface area (Å²) in [5, 5.41) is 3.69. The Morgan fingerprint density at radius 1 is 1.15 bits per heavy atom. The zero-order valence-corrected chi connectivity index (χ0v) is 12.5. The van der Waals surface area contributed by atoms with Gasteiger partial charge in [0.05, 0.1) is 0 Å². The Hall–Kier alpha value is -1.22. The first-order chi connectivity index (χ1) is 9.79.